The predicted octanol–water partition coefficient (Wildman–Crippen LogP) is 2.76. The molecule has 1 aromatic rings. The molecule has 1 N–H and O–H groups in total. The van der Waals surface area contributed by atoms with E-state index in [0.29, 0.717) is 6.04 Å². The molecule has 1 saturated heterocycles. The summed E-state index contributed by atoms with van der Waals surface area (Å²) in [5.41, 5.74) is 2.78. The molecule has 0 spiro atoms. The zero-order valence-corrected chi connectivity index (χ0v) is 13.3. The van der Waals surface area contributed by atoms with Crippen molar-refractivity contribution in [1.82, 2.24) is 10.2 Å². The predicted molar refractivity (Wildman–Crippen MR) is 84.1 cm³/mol. The van der Waals surface area contributed by atoms with Crippen LogP contribution >= 0.6 is 0 Å². The Labute approximate surface area is 123 Å². The molecule has 1 fully saturated rings. The Balaban J connectivity index is 1.93. The van der Waals surface area contributed by atoms with Crippen LogP contribution in [0.15, 0.2) is 24.3 Å². The summed E-state index contributed by atoms with van der Waals surface area (Å²) in [6, 6.07) is 9.10. The fourth-order valence-corrected chi connectivity index (χ4v) is 3.05. The highest BCUT2D eigenvalue weighted by molar-refractivity contribution is 5.28. The second-order valence-corrected chi connectivity index (χ2v) is 6.37. The molecule has 3 nitrogen and oxygen atoms in total. The molecule has 1 atom stereocenters. The minimum absolute atomic E-state index is 0.00392. The lowest BCUT2D eigenvalue weighted by Crippen LogP contribution is -2.48. The molecule has 1 aromatic carbocycles. The van der Waals surface area contributed by atoms with E-state index in [4.69, 9.17) is 4.74 Å². The summed E-state index contributed by atoms with van der Waals surface area (Å²) in [5, 5.41) is 3.46. The van der Waals surface area contributed by atoms with Crippen molar-refractivity contribution < 1.29 is 4.74 Å². The van der Waals surface area contributed by atoms with Crippen molar-refractivity contribution in [2.24, 2.45) is 0 Å². The van der Waals surface area contributed by atoms with Crippen molar-refractivity contribution in [2.45, 2.75) is 38.8 Å². The van der Waals surface area contributed by atoms with Crippen molar-refractivity contribution in [1.29, 1.82) is 0 Å². The van der Waals surface area contributed by atoms with Crippen molar-refractivity contribution >= 4 is 0 Å². The van der Waals surface area contributed by atoms with Crippen LogP contribution in [0.3, 0.4) is 0 Å². The molecule has 1 heterocycles. The lowest BCUT2D eigenvalue weighted by molar-refractivity contribution is -0.0864. The average Bonchev–Trinajstić information content (AvgIpc) is 2.40. The third-order valence-corrected chi connectivity index (χ3v) is 4.15. The topological polar surface area (TPSA) is 24.5 Å². The van der Waals surface area contributed by atoms with E-state index >= 15 is 0 Å². The van der Waals surface area contributed by atoms with Gasteiger partial charge in [0.25, 0.3) is 0 Å². The SMILES string of the molecule is CNC(CCN1CCOC(C)(C)C1)c1ccccc1C. The summed E-state index contributed by atoms with van der Waals surface area (Å²) in [5.74, 6) is 0. The van der Waals surface area contributed by atoms with E-state index in [0.717, 1.165) is 32.7 Å². The van der Waals surface area contributed by atoms with Gasteiger partial charge in [0.05, 0.1) is 12.2 Å². The quantitative estimate of drug-likeness (QED) is 0.895. The van der Waals surface area contributed by atoms with E-state index in [9.17, 15) is 0 Å². The van der Waals surface area contributed by atoms with Gasteiger partial charge in [-0.1, -0.05) is 24.3 Å². The van der Waals surface area contributed by atoms with E-state index < -0.39 is 0 Å². The van der Waals surface area contributed by atoms with Crippen LogP contribution in [0.4, 0.5) is 0 Å². The van der Waals surface area contributed by atoms with Gasteiger partial charge in [0.2, 0.25) is 0 Å². The highest BCUT2D eigenvalue weighted by atomic mass is 16.5. The lowest BCUT2D eigenvalue weighted by Gasteiger charge is -2.38. The Bertz CT molecular complexity index is 431. The molecule has 0 bridgehead atoms. The smallest absolute Gasteiger partial charge is 0.0753 e. The maximum absolute atomic E-state index is 5.78. The molecule has 0 aliphatic carbocycles. The normalized spacial score (nSPS) is 20.8. The Kier molecular flexibility index (Phi) is 5.19. The zero-order chi connectivity index (χ0) is 14.6. The molecule has 0 aromatic heterocycles. The van der Waals surface area contributed by atoms with Crippen molar-refractivity contribution in [2.75, 3.05) is 33.3 Å². The van der Waals surface area contributed by atoms with Gasteiger partial charge < -0.3 is 10.1 Å². The molecular weight excluding hydrogens is 248 g/mol. The summed E-state index contributed by atoms with van der Waals surface area (Å²) in [6.07, 6.45) is 1.14. The van der Waals surface area contributed by atoms with Crippen LogP contribution in [0.1, 0.15) is 37.4 Å². The summed E-state index contributed by atoms with van der Waals surface area (Å²) >= 11 is 0. The summed E-state index contributed by atoms with van der Waals surface area (Å²) in [6.45, 7) is 10.6. The van der Waals surface area contributed by atoms with Gasteiger partial charge in [-0.05, 0) is 45.4 Å². The first kappa shape index (κ1) is 15.5. The number of rotatable bonds is 5. The Hall–Kier alpha value is -0.900. The fraction of sp³-hybridized carbons (Fsp3) is 0.647. The van der Waals surface area contributed by atoms with E-state index in [1.165, 1.54) is 11.1 Å². The van der Waals surface area contributed by atoms with E-state index in [2.05, 4.69) is 62.3 Å². The van der Waals surface area contributed by atoms with Gasteiger partial charge in [0.15, 0.2) is 0 Å². The molecule has 0 amide bonds. The summed E-state index contributed by atoms with van der Waals surface area (Å²) < 4.78 is 5.78. The zero-order valence-electron chi connectivity index (χ0n) is 13.3. The number of ether oxygens (including phenoxy) is 1. The monoisotopic (exact) mass is 276 g/mol. The number of aryl methyl sites for hydroxylation is 1. The second-order valence-electron chi connectivity index (χ2n) is 6.37. The molecule has 3 heteroatoms. The number of nitrogens with one attached hydrogen (secondary N) is 1. The number of morpholine rings is 1. The maximum atomic E-state index is 5.78. The first-order valence-electron chi connectivity index (χ1n) is 7.61. The van der Waals surface area contributed by atoms with Gasteiger partial charge in [-0.2, -0.15) is 0 Å². The van der Waals surface area contributed by atoms with Crippen LogP contribution in [0, 0.1) is 6.92 Å². The third kappa shape index (κ3) is 4.05. The average molecular weight is 276 g/mol. The number of hydrogen-bond donors (Lipinski definition) is 1. The molecule has 0 saturated carbocycles. The van der Waals surface area contributed by atoms with Gasteiger partial charge in [-0.3, -0.25) is 4.90 Å². The summed E-state index contributed by atoms with van der Waals surface area (Å²) in [4.78, 5) is 2.52. The van der Waals surface area contributed by atoms with E-state index in [-0.39, 0.29) is 5.60 Å². The Morgan fingerprint density at radius 1 is 1.35 bits per heavy atom. The largest absolute Gasteiger partial charge is 0.373 e. The van der Waals surface area contributed by atoms with Crippen LogP contribution in [-0.4, -0.2) is 43.8 Å². The highest BCUT2D eigenvalue weighted by Crippen LogP contribution is 2.22. The molecule has 0 radical (unpaired) electrons. The standard InChI is InChI=1S/C17H28N2O/c1-14-7-5-6-8-15(14)16(18-4)9-10-19-11-12-20-17(2,3)13-19/h5-8,16,18H,9-13H2,1-4H3. The first-order chi connectivity index (χ1) is 9.52. The van der Waals surface area contributed by atoms with Crippen molar-refractivity contribution in [3.8, 4) is 0 Å². The molecule has 112 valence electrons. The number of hydrogen-bond acceptors (Lipinski definition) is 3. The third-order valence-electron chi connectivity index (χ3n) is 4.15. The highest BCUT2D eigenvalue weighted by Gasteiger charge is 2.27. The Morgan fingerprint density at radius 2 is 2.10 bits per heavy atom. The fourth-order valence-electron chi connectivity index (χ4n) is 3.05. The van der Waals surface area contributed by atoms with E-state index in [1.807, 2.05) is 0 Å². The van der Waals surface area contributed by atoms with Crippen molar-refractivity contribution in [3.05, 3.63) is 35.4 Å². The van der Waals surface area contributed by atoms with Crippen LogP contribution < -0.4 is 5.32 Å². The Morgan fingerprint density at radius 3 is 2.75 bits per heavy atom. The molecular formula is C17H28N2O. The van der Waals surface area contributed by atoms with Crippen LogP contribution in [-0.2, 0) is 4.74 Å². The number of nitrogens with zero attached hydrogens (tertiary/aromatic N) is 1. The molecule has 1 aliphatic rings. The molecule has 1 aliphatic heterocycles. The van der Waals surface area contributed by atoms with Gasteiger partial charge >= 0.3 is 0 Å². The van der Waals surface area contributed by atoms with Crippen LogP contribution in [0.5, 0.6) is 0 Å². The van der Waals surface area contributed by atoms with Crippen LogP contribution in [0.2, 0.25) is 0 Å². The molecule has 20 heavy (non-hydrogen) atoms. The van der Waals surface area contributed by atoms with Crippen molar-refractivity contribution in [3.63, 3.8) is 0 Å². The lowest BCUT2D eigenvalue weighted by atomic mass is 9.98. The second kappa shape index (κ2) is 6.70. The summed E-state index contributed by atoms with van der Waals surface area (Å²) in [7, 11) is 2.06. The van der Waals surface area contributed by atoms with Gasteiger partial charge in [0.1, 0.15) is 0 Å². The minimum Gasteiger partial charge on any atom is -0.373 e. The van der Waals surface area contributed by atoms with Gasteiger partial charge in [0, 0.05) is 25.7 Å². The van der Waals surface area contributed by atoms with Gasteiger partial charge in [-0.25, -0.2) is 0 Å². The molecule has 1 unspecified atom stereocenters. The number of benzene rings is 1. The minimum atomic E-state index is -0.00392. The van der Waals surface area contributed by atoms with Crippen LogP contribution in [0.25, 0.3) is 0 Å². The maximum Gasteiger partial charge on any atom is 0.0753 e. The molecule has 2 rings (SSSR count). The first-order valence-corrected chi connectivity index (χ1v) is 7.61. The van der Waals surface area contributed by atoms with Gasteiger partial charge in [-0.15, -0.1) is 0 Å². The van der Waals surface area contributed by atoms with E-state index in [1.54, 1.807) is 0 Å².